The van der Waals surface area contributed by atoms with Crippen LogP contribution in [0.1, 0.15) is 35.2 Å². The van der Waals surface area contributed by atoms with Crippen LogP contribution >= 0.6 is 15.9 Å². The third kappa shape index (κ3) is 3.95. The van der Waals surface area contributed by atoms with Gasteiger partial charge in [0, 0.05) is 23.0 Å². The quantitative estimate of drug-likeness (QED) is 0.294. The lowest BCUT2D eigenvalue weighted by Crippen LogP contribution is -2.29. The zero-order valence-corrected chi connectivity index (χ0v) is 19.6. The molecule has 0 radical (unpaired) electrons. The number of halogens is 1. The van der Waals surface area contributed by atoms with Crippen LogP contribution in [0.5, 0.6) is 5.75 Å². The third-order valence-corrected chi connectivity index (χ3v) is 6.62. The maximum absolute atomic E-state index is 13.2. The van der Waals surface area contributed by atoms with Crippen molar-refractivity contribution in [1.29, 1.82) is 0 Å². The van der Waals surface area contributed by atoms with Crippen molar-refractivity contribution in [3.8, 4) is 5.75 Å². The minimum atomic E-state index is -0.693. The molecule has 33 heavy (non-hydrogen) atoms. The van der Waals surface area contributed by atoms with E-state index in [0.29, 0.717) is 5.56 Å². The molecule has 2 heterocycles. The number of fused-ring (bicyclic) bond motifs is 1. The van der Waals surface area contributed by atoms with Crippen LogP contribution in [0.2, 0.25) is 0 Å². The number of hydrogen-bond acceptors (Lipinski definition) is 4. The summed E-state index contributed by atoms with van der Waals surface area (Å²) in [5.74, 6) is -0.680. The standard InChI is InChI=1S/C27H22BrNO4/c1-16-13-20-14-19(9-12-22(20)33-16)25(30)23-24(18-7-10-21(28)11-8-18)29(27(32)26(23)31)15-17-5-3-2-4-6-17/h2-12,14,16,24,30H,13,15H2,1H3. The number of aliphatic hydroxyl groups is 1. The molecule has 5 nitrogen and oxygen atoms in total. The average Bonchev–Trinajstić information content (AvgIpc) is 3.31. The Labute approximate surface area is 200 Å². The number of rotatable bonds is 4. The van der Waals surface area contributed by atoms with Crippen molar-refractivity contribution in [2.75, 3.05) is 0 Å². The fourth-order valence-corrected chi connectivity index (χ4v) is 4.80. The van der Waals surface area contributed by atoms with Gasteiger partial charge in [0.05, 0.1) is 11.6 Å². The van der Waals surface area contributed by atoms with Gasteiger partial charge in [0.1, 0.15) is 17.6 Å². The van der Waals surface area contributed by atoms with Gasteiger partial charge < -0.3 is 14.7 Å². The van der Waals surface area contributed by atoms with Gasteiger partial charge in [-0.3, -0.25) is 9.59 Å². The summed E-state index contributed by atoms with van der Waals surface area (Å²) in [7, 11) is 0. The van der Waals surface area contributed by atoms with Crippen LogP contribution in [-0.2, 0) is 22.6 Å². The molecule has 166 valence electrons. The molecule has 2 unspecified atom stereocenters. The topological polar surface area (TPSA) is 66.8 Å². The molecule has 2 atom stereocenters. The zero-order valence-electron chi connectivity index (χ0n) is 18.0. The van der Waals surface area contributed by atoms with Crippen molar-refractivity contribution in [1.82, 2.24) is 4.90 Å². The van der Waals surface area contributed by atoms with E-state index in [1.807, 2.05) is 73.7 Å². The molecule has 0 bridgehead atoms. The van der Waals surface area contributed by atoms with Gasteiger partial charge in [-0.25, -0.2) is 0 Å². The number of benzene rings is 3. The van der Waals surface area contributed by atoms with Gasteiger partial charge in [0.15, 0.2) is 0 Å². The molecule has 6 heteroatoms. The summed E-state index contributed by atoms with van der Waals surface area (Å²) in [6.45, 7) is 2.25. The van der Waals surface area contributed by atoms with E-state index in [1.165, 1.54) is 4.90 Å². The molecule has 2 aliphatic heterocycles. The molecule has 5 rings (SSSR count). The lowest BCUT2D eigenvalue weighted by atomic mass is 9.94. The van der Waals surface area contributed by atoms with Crippen LogP contribution in [0.3, 0.4) is 0 Å². The summed E-state index contributed by atoms with van der Waals surface area (Å²) in [5.41, 5.74) is 3.25. The average molecular weight is 504 g/mol. The van der Waals surface area contributed by atoms with Gasteiger partial charge in [-0.05, 0) is 53.9 Å². The first-order chi connectivity index (χ1) is 15.9. The maximum atomic E-state index is 13.2. The Bertz CT molecular complexity index is 1270. The van der Waals surface area contributed by atoms with E-state index in [4.69, 9.17) is 4.74 Å². The number of ether oxygens (including phenoxy) is 1. The monoisotopic (exact) mass is 503 g/mol. The van der Waals surface area contributed by atoms with E-state index in [2.05, 4.69) is 15.9 Å². The lowest BCUT2D eigenvalue weighted by molar-refractivity contribution is -0.140. The Kier molecular flexibility index (Phi) is 5.54. The summed E-state index contributed by atoms with van der Waals surface area (Å²) in [6, 6.07) is 21.7. The Morgan fingerprint density at radius 2 is 1.79 bits per heavy atom. The van der Waals surface area contributed by atoms with E-state index in [0.717, 1.165) is 33.3 Å². The molecule has 0 aromatic heterocycles. The van der Waals surface area contributed by atoms with Crippen molar-refractivity contribution in [3.05, 3.63) is 105 Å². The number of hydrogen-bond donors (Lipinski definition) is 1. The maximum Gasteiger partial charge on any atom is 0.295 e. The normalized spacial score (nSPS) is 21.2. The zero-order chi connectivity index (χ0) is 23.1. The minimum absolute atomic E-state index is 0.0663. The second kappa shape index (κ2) is 8.52. The molecular weight excluding hydrogens is 482 g/mol. The summed E-state index contributed by atoms with van der Waals surface area (Å²) in [4.78, 5) is 27.9. The fraction of sp³-hybridized carbons (Fsp3) is 0.185. The van der Waals surface area contributed by atoms with E-state index >= 15 is 0 Å². The van der Waals surface area contributed by atoms with Crippen molar-refractivity contribution >= 4 is 33.4 Å². The summed E-state index contributed by atoms with van der Waals surface area (Å²) in [6.07, 6.45) is 0.797. The van der Waals surface area contributed by atoms with Gasteiger partial charge >= 0.3 is 0 Å². The first kappa shape index (κ1) is 21.5. The number of amides is 1. The molecule has 3 aromatic carbocycles. The van der Waals surface area contributed by atoms with Gasteiger partial charge in [-0.15, -0.1) is 0 Å². The first-order valence-electron chi connectivity index (χ1n) is 10.8. The van der Waals surface area contributed by atoms with Crippen molar-refractivity contribution < 1.29 is 19.4 Å². The van der Waals surface area contributed by atoms with Crippen LogP contribution in [-0.4, -0.2) is 27.8 Å². The molecule has 0 spiro atoms. The number of carbonyl (C=O) groups is 2. The molecule has 1 N–H and O–H groups in total. The predicted octanol–water partition coefficient (Wildman–Crippen LogP) is 5.39. The molecule has 2 aliphatic rings. The van der Waals surface area contributed by atoms with Crippen molar-refractivity contribution in [2.45, 2.75) is 32.0 Å². The molecule has 3 aromatic rings. The highest BCUT2D eigenvalue weighted by molar-refractivity contribution is 9.10. The Morgan fingerprint density at radius 3 is 2.52 bits per heavy atom. The number of aliphatic hydroxyl groups excluding tert-OH is 1. The van der Waals surface area contributed by atoms with E-state index < -0.39 is 17.7 Å². The number of nitrogens with zero attached hydrogens (tertiary/aromatic N) is 1. The summed E-state index contributed by atoms with van der Waals surface area (Å²) in [5, 5.41) is 11.3. The van der Waals surface area contributed by atoms with E-state index in [1.54, 1.807) is 6.07 Å². The number of carbonyl (C=O) groups excluding carboxylic acids is 2. The third-order valence-electron chi connectivity index (χ3n) is 6.09. The van der Waals surface area contributed by atoms with Crippen molar-refractivity contribution in [3.63, 3.8) is 0 Å². The molecular formula is C27H22BrNO4. The largest absolute Gasteiger partial charge is 0.507 e. The fourth-order valence-electron chi connectivity index (χ4n) is 4.54. The van der Waals surface area contributed by atoms with E-state index in [-0.39, 0.29) is 24.0 Å². The van der Waals surface area contributed by atoms with Gasteiger partial charge in [0.2, 0.25) is 0 Å². The Hall–Kier alpha value is -3.38. The highest BCUT2D eigenvalue weighted by Gasteiger charge is 2.46. The van der Waals surface area contributed by atoms with Crippen LogP contribution < -0.4 is 4.74 Å². The minimum Gasteiger partial charge on any atom is -0.507 e. The number of Topliss-reactive ketones (excluding diaryl/α,β-unsaturated/α-hetero) is 1. The predicted molar refractivity (Wildman–Crippen MR) is 129 cm³/mol. The Balaban J connectivity index is 1.62. The molecule has 1 amide bonds. The van der Waals surface area contributed by atoms with Gasteiger partial charge in [-0.1, -0.05) is 58.4 Å². The van der Waals surface area contributed by atoms with Crippen LogP contribution in [0, 0.1) is 0 Å². The van der Waals surface area contributed by atoms with Gasteiger partial charge in [0.25, 0.3) is 11.7 Å². The van der Waals surface area contributed by atoms with Gasteiger partial charge in [-0.2, -0.15) is 0 Å². The van der Waals surface area contributed by atoms with Crippen LogP contribution in [0.4, 0.5) is 0 Å². The molecule has 1 saturated heterocycles. The molecule has 0 saturated carbocycles. The first-order valence-corrected chi connectivity index (χ1v) is 11.6. The summed E-state index contributed by atoms with van der Waals surface area (Å²) < 4.78 is 6.65. The lowest BCUT2D eigenvalue weighted by Gasteiger charge is -2.25. The molecule has 1 fully saturated rings. The smallest absolute Gasteiger partial charge is 0.295 e. The summed E-state index contributed by atoms with van der Waals surface area (Å²) >= 11 is 3.44. The number of ketones is 1. The number of likely N-dealkylation sites (tertiary alicyclic amines) is 1. The highest BCUT2D eigenvalue weighted by atomic mass is 79.9. The van der Waals surface area contributed by atoms with Crippen molar-refractivity contribution in [2.24, 2.45) is 0 Å². The van der Waals surface area contributed by atoms with E-state index in [9.17, 15) is 14.7 Å². The van der Waals surface area contributed by atoms with Crippen LogP contribution in [0.25, 0.3) is 5.76 Å². The highest BCUT2D eigenvalue weighted by Crippen LogP contribution is 2.41. The van der Waals surface area contributed by atoms with Crippen LogP contribution in [0.15, 0.2) is 82.8 Å². The second-order valence-electron chi connectivity index (χ2n) is 8.42. The SMILES string of the molecule is CC1Cc2cc(C(O)=C3C(=O)C(=O)N(Cc4ccccc4)C3c3ccc(Br)cc3)ccc2O1. The second-order valence-corrected chi connectivity index (χ2v) is 9.33. The Morgan fingerprint density at radius 1 is 1.06 bits per heavy atom. The molecule has 0 aliphatic carbocycles.